The Hall–Kier alpha value is -3.36. The maximum absolute atomic E-state index is 12.2. The van der Waals surface area contributed by atoms with Gasteiger partial charge in [0.1, 0.15) is 13.2 Å². The first-order valence-electron chi connectivity index (χ1n) is 9.21. The van der Waals surface area contributed by atoms with Gasteiger partial charge in [-0.2, -0.15) is 0 Å². The molecule has 1 atom stereocenters. The highest BCUT2D eigenvalue weighted by atomic mass is 16.5. The zero-order chi connectivity index (χ0) is 21.6. The highest BCUT2D eigenvalue weighted by Gasteiger charge is 2.30. The van der Waals surface area contributed by atoms with Crippen LogP contribution >= 0.6 is 0 Å². The van der Waals surface area contributed by atoms with Gasteiger partial charge in [-0.15, -0.1) is 0 Å². The summed E-state index contributed by atoms with van der Waals surface area (Å²) in [6.45, 7) is 6.60. The average molecular weight is 403 g/mol. The predicted octanol–water partition coefficient (Wildman–Crippen LogP) is 1.09. The molecule has 3 N–H and O–H groups in total. The molecule has 1 heterocycles. The van der Waals surface area contributed by atoms with Gasteiger partial charge in [0.25, 0.3) is 5.91 Å². The van der Waals surface area contributed by atoms with E-state index in [0.29, 0.717) is 5.56 Å². The van der Waals surface area contributed by atoms with E-state index in [1.165, 1.54) is 0 Å². The van der Waals surface area contributed by atoms with Crippen molar-refractivity contribution in [3.63, 3.8) is 0 Å². The van der Waals surface area contributed by atoms with E-state index in [0.717, 1.165) is 11.1 Å². The molecule has 1 aliphatic rings. The lowest BCUT2D eigenvalue weighted by molar-refractivity contribution is -0.142. The molecule has 0 radical (unpaired) electrons. The summed E-state index contributed by atoms with van der Waals surface area (Å²) in [6.07, 6.45) is 0. The molecule has 0 spiro atoms. The van der Waals surface area contributed by atoms with Crippen molar-refractivity contribution in [3.8, 4) is 0 Å². The van der Waals surface area contributed by atoms with Crippen molar-refractivity contribution in [1.82, 2.24) is 16.0 Å². The van der Waals surface area contributed by atoms with E-state index in [4.69, 9.17) is 9.47 Å². The lowest BCUT2D eigenvalue weighted by Gasteiger charge is -2.26. The third kappa shape index (κ3) is 5.81. The molecule has 1 aliphatic heterocycles. The minimum absolute atomic E-state index is 0.147. The summed E-state index contributed by atoms with van der Waals surface area (Å²) in [7, 11) is 0. The molecule has 0 unspecified atom stereocenters. The number of rotatable bonds is 7. The molecule has 1 aromatic rings. The third-order valence-electron chi connectivity index (χ3n) is 4.41. The van der Waals surface area contributed by atoms with Gasteiger partial charge in [-0.05, 0) is 51.0 Å². The van der Waals surface area contributed by atoms with Crippen molar-refractivity contribution in [2.75, 3.05) is 19.8 Å². The van der Waals surface area contributed by atoms with Crippen LogP contribution < -0.4 is 16.0 Å². The molecule has 29 heavy (non-hydrogen) atoms. The van der Waals surface area contributed by atoms with Crippen LogP contribution in [0.4, 0.5) is 4.79 Å². The van der Waals surface area contributed by atoms with Gasteiger partial charge in [-0.25, -0.2) is 9.59 Å². The second-order valence-electron chi connectivity index (χ2n) is 6.58. The first-order valence-corrected chi connectivity index (χ1v) is 9.21. The summed E-state index contributed by atoms with van der Waals surface area (Å²) in [5, 5.41) is 7.49. The van der Waals surface area contributed by atoms with Crippen LogP contribution in [0, 0.1) is 13.8 Å². The summed E-state index contributed by atoms with van der Waals surface area (Å²) in [5.74, 6) is -1.72. The number of aryl methyl sites for hydroxylation is 2. The Bertz CT molecular complexity index is 862. The van der Waals surface area contributed by atoms with E-state index in [-0.39, 0.29) is 31.0 Å². The molecule has 1 aromatic carbocycles. The maximum atomic E-state index is 12.2. The number of esters is 2. The summed E-state index contributed by atoms with van der Waals surface area (Å²) in [5.41, 5.74) is 2.79. The number of carbonyl (C=O) groups is 4. The van der Waals surface area contributed by atoms with Gasteiger partial charge in [0.15, 0.2) is 0 Å². The standard InChI is InChI=1S/C20H25N3O6/c1-5-28-19(26)17-13(4)22-20(27)23-15(17)10-29-16(24)9-21-18(25)14-7-6-11(2)12(3)8-14/h6-8,13H,5,9-10H2,1-4H3,(H,21,25)(H2,22,23,27)/t13-/m0/s1. The number of urea groups is 1. The van der Waals surface area contributed by atoms with Gasteiger partial charge < -0.3 is 25.4 Å². The van der Waals surface area contributed by atoms with Gasteiger partial charge in [0, 0.05) is 5.56 Å². The molecule has 2 rings (SSSR count). The van der Waals surface area contributed by atoms with E-state index in [1.54, 1.807) is 26.0 Å². The largest absolute Gasteiger partial charge is 0.463 e. The van der Waals surface area contributed by atoms with Crippen LogP contribution in [0.3, 0.4) is 0 Å². The zero-order valence-corrected chi connectivity index (χ0v) is 16.9. The molecule has 0 aliphatic carbocycles. The lowest BCUT2D eigenvalue weighted by Crippen LogP contribution is -2.50. The van der Waals surface area contributed by atoms with Gasteiger partial charge >= 0.3 is 18.0 Å². The van der Waals surface area contributed by atoms with Gasteiger partial charge in [-0.3, -0.25) is 9.59 Å². The van der Waals surface area contributed by atoms with E-state index in [2.05, 4.69) is 16.0 Å². The monoisotopic (exact) mass is 403 g/mol. The molecule has 0 saturated heterocycles. The molecule has 156 valence electrons. The number of nitrogens with one attached hydrogen (secondary N) is 3. The second-order valence-corrected chi connectivity index (χ2v) is 6.58. The molecule has 9 nitrogen and oxygen atoms in total. The number of carbonyl (C=O) groups excluding carboxylic acids is 4. The molecular weight excluding hydrogens is 378 g/mol. The van der Waals surface area contributed by atoms with Crippen LogP contribution in [-0.2, 0) is 19.1 Å². The number of amides is 3. The quantitative estimate of drug-likeness (QED) is 0.586. The maximum Gasteiger partial charge on any atom is 0.338 e. The van der Waals surface area contributed by atoms with Crippen molar-refractivity contribution in [3.05, 3.63) is 46.2 Å². The first-order chi connectivity index (χ1) is 13.7. The number of hydrogen-bond donors (Lipinski definition) is 3. The molecule has 3 amide bonds. The fraction of sp³-hybridized carbons (Fsp3) is 0.400. The predicted molar refractivity (Wildman–Crippen MR) is 104 cm³/mol. The molecular formula is C20H25N3O6. The smallest absolute Gasteiger partial charge is 0.338 e. The average Bonchev–Trinajstić information content (AvgIpc) is 2.66. The summed E-state index contributed by atoms with van der Waals surface area (Å²) >= 11 is 0. The Labute approximate surface area is 168 Å². The van der Waals surface area contributed by atoms with Crippen molar-refractivity contribution in [1.29, 1.82) is 0 Å². The van der Waals surface area contributed by atoms with Crippen molar-refractivity contribution < 1.29 is 28.7 Å². The minimum Gasteiger partial charge on any atom is -0.463 e. The first kappa shape index (κ1) is 21.9. The Balaban J connectivity index is 1.96. The van der Waals surface area contributed by atoms with Crippen LogP contribution in [0.15, 0.2) is 29.5 Å². The molecule has 0 saturated carbocycles. The molecule has 0 fully saturated rings. The van der Waals surface area contributed by atoms with Gasteiger partial charge in [0.2, 0.25) is 0 Å². The Morgan fingerprint density at radius 2 is 1.86 bits per heavy atom. The number of hydrogen-bond acceptors (Lipinski definition) is 6. The Morgan fingerprint density at radius 1 is 1.14 bits per heavy atom. The van der Waals surface area contributed by atoms with Crippen LogP contribution in [0.1, 0.15) is 35.3 Å². The number of ether oxygens (including phenoxy) is 2. The van der Waals surface area contributed by atoms with Crippen molar-refractivity contribution >= 4 is 23.9 Å². The van der Waals surface area contributed by atoms with Gasteiger partial charge in [0.05, 0.1) is 23.9 Å². The summed E-state index contributed by atoms with van der Waals surface area (Å²) in [4.78, 5) is 48.0. The summed E-state index contributed by atoms with van der Waals surface area (Å²) < 4.78 is 10.1. The van der Waals surface area contributed by atoms with Crippen LogP contribution in [-0.4, -0.2) is 49.7 Å². The fourth-order valence-electron chi connectivity index (χ4n) is 2.73. The normalized spacial score (nSPS) is 15.9. The highest BCUT2D eigenvalue weighted by molar-refractivity contribution is 5.96. The van der Waals surface area contributed by atoms with E-state index in [9.17, 15) is 19.2 Å². The second kappa shape index (κ2) is 9.72. The molecule has 9 heteroatoms. The lowest BCUT2D eigenvalue weighted by atomic mass is 10.0. The third-order valence-corrected chi connectivity index (χ3v) is 4.41. The topological polar surface area (TPSA) is 123 Å². The fourth-order valence-corrected chi connectivity index (χ4v) is 2.73. The van der Waals surface area contributed by atoms with Crippen LogP contribution in [0.5, 0.6) is 0 Å². The van der Waals surface area contributed by atoms with E-state index in [1.807, 2.05) is 19.9 Å². The molecule has 0 bridgehead atoms. The Morgan fingerprint density at radius 3 is 2.52 bits per heavy atom. The van der Waals surface area contributed by atoms with E-state index < -0.39 is 29.9 Å². The summed E-state index contributed by atoms with van der Waals surface area (Å²) in [6, 6.07) is 4.12. The number of benzene rings is 1. The highest BCUT2D eigenvalue weighted by Crippen LogP contribution is 2.14. The minimum atomic E-state index is -0.710. The SMILES string of the molecule is CCOC(=O)C1=C(COC(=O)CNC(=O)c2ccc(C)c(C)c2)NC(=O)N[C@H]1C. The van der Waals surface area contributed by atoms with Crippen molar-refractivity contribution in [2.24, 2.45) is 0 Å². The molecule has 0 aromatic heterocycles. The van der Waals surface area contributed by atoms with Crippen LogP contribution in [0.25, 0.3) is 0 Å². The van der Waals surface area contributed by atoms with Crippen molar-refractivity contribution in [2.45, 2.75) is 33.7 Å². The van der Waals surface area contributed by atoms with Gasteiger partial charge in [-0.1, -0.05) is 6.07 Å². The zero-order valence-electron chi connectivity index (χ0n) is 16.9. The van der Waals surface area contributed by atoms with E-state index >= 15 is 0 Å². The Kier molecular flexibility index (Phi) is 7.35. The van der Waals surface area contributed by atoms with Crippen LogP contribution in [0.2, 0.25) is 0 Å².